The summed E-state index contributed by atoms with van der Waals surface area (Å²) in [5.41, 5.74) is 3.47. The summed E-state index contributed by atoms with van der Waals surface area (Å²) in [7, 11) is 0. The van der Waals surface area contributed by atoms with Gasteiger partial charge in [-0.1, -0.05) is 13.0 Å². The number of nitrogens with one attached hydrogen (secondary N) is 1. The molecule has 0 bridgehead atoms. The molecule has 0 saturated heterocycles. The highest BCUT2D eigenvalue weighted by atomic mass is 14.9. The van der Waals surface area contributed by atoms with Gasteiger partial charge in [-0.3, -0.25) is 4.98 Å². The summed E-state index contributed by atoms with van der Waals surface area (Å²) in [6, 6.07) is 4.65. The largest absolute Gasteiger partial charge is 0.310 e. The molecular formula is C13H20N2. The molecule has 0 saturated carbocycles. The fourth-order valence-electron chi connectivity index (χ4n) is 1.82. The van der Waals surface area contributed by atoms with Gasteiger partial charge in [0.2, 0.25) is 0 Å². The van der Waals surface area contributed by atoms with Crippen molar-refractivity contribution >= 4 is 0 Å². The lowest BCUT2D eigenvalue weighted by Gasteiger charge is -2.17. The van der Waals surface area contributed by atoms with Gasteiger partial charge in [-0.15, -0.1) is 6.58 Å². The standard InChI is InChI=1S/C13H20N2/c1-5-7-13(14-6-2)12-8-10(3)15-11(4)9-12/h5,8-9,13-14H,1,6-7H2,2-4H3. The summed E-state index contributed by atoms with van der Waals surface area (Å²) in [5, 5.41) is 3.46. The van der Waals surface area contributed by atoms with Crippen molar-refractivity contribution in [2.45, 2.75) is 33.2 Å². The Labute approximate surface area is 92.4 Å². The predicted molar refractivity (Wildman–Crippen MR) is 64.9 cm³/mol. The van der Waals surface area contributed by atoms with Crippen LogP contribution in [0.25, 0.3) is 0 Å². The van der Waals surface area contributed by atoms with E-state index in [-0.39, 0.29) is 0 Å². The zero-order chi connectivity index (χ0) is 11.3. The van der Waals surface area contributed by atoms with Crippen molar-refractivity contribution in [3.8, 4) is 0 Å². The molecule has 0 aliphatic carbocycles. The fourth-order valence-corrected chi connectivity index (χ4v) is 1.82. The van der Waals surface area contributed by atoms with Crippen LogP contribution in [-0.4, -0.2) is 11.5 Å². The van der Waals surface area contributed by atoms with Gasteiger partial charge in [0.25, 0.3) is 0 Å². The second-order valence-electron chi connectivity index (χ2n) is 3.82. The molecule has 1 heterocycles. The van der Waals surface area contributed by atoms with Crippen molar-refractivity contribution < 1.29 is 0 Å². The van der Waals surface area contributed by atoms with Crippen LogP contribution in [0.5, 0.6) is 0 Å². The molecule has 1 aromatic heterocycles. The second kappa shape index (κ2) is 5.66. The number of nitrogens with zero attached hydrogens (tertiary/aromatic N) is 1. The normalized spacial score (nSPS) is 12.5. The maximum absolute atomic E-state index is 4.38. The van der Waals surface area contributed by atoms with Gasteiger partial charge in [0, 0.05) is 17.4 Å². The topological polar surface area (TPSA) is 24.9 Å². The summed E-state index contributed by atoms with van der Waals surface area (Å²) >= 11 is 0. The molecule has 0 spiro atoms. The van der Waals surface area contributed by atoms with Crippen molar-refractivity contribution in [2.75, 3.05) is 6.54 Å². The van der Waals surface area contributed by atoms with Gasteiger partial charge in [-0.25, -0.2) is 0 Å². The van der Waals surface area contributed by atoms with Gasteiger partial charge < -0.3 is 5.32 Å². The third-order valence-corrected chi connectivity index (χ3v) is 2.36. The van der Waals surface area contributed by atoms with Gasteiger partial charge in [0.1, 0.15) is 0 Å². The monoisotopic (exact) mass is 204 g/mol. The molecule has 0 aliphatic heterocycles. The molecule has 0 fully saturated rings. The number of pyridine rings is 1. The highest BCUT2D eigenvalue weighted by Gasteiger charge is 2.09. The minimum absolute atomic E-state index is 0.368. The van der Waals surface area contributed by atoms with E-state index in [0.29, 0.717) is 6.04 Å². The molecule has 1 N–H and O–H groups in total. The Morgan fingerprint density at radius 2 is 2.00 bits per heavy atom. The Kier molecular flexibility index (Phi) is 4.50. The van der Waals surface area contributed by atoms with E-state index in [1.165, 1.54) is 5.56 Å². The van der Waals surface area contributed by atoms with E-state index in [2.05, 4.69) is 35.9 Å². The zero-order valence-electron chi connectivity index (χ0n) is 9.88. The predicted octanol–water partition coefficient (Wildman–Crippen LogP) is 2.93. The molecule has 1 unspecified atom stereocenters. The maximum atomic E-state index is 4.38. The molecule has 2 heteroatoms. The number of aryl methyl sites for hydroxylation is 2. The van der Waals surface area contributed by atoms with E-state index in [9.17, 15) is 0 Å². The Morgan fingerprint density at radius 1 is 1.40 bits per heavy atom. The van der Waals surface area contributed by atoms with E-state index in [0.717, 1.165) is 24.4 Å². The Bertz CT molecular complexity index is 311. The average molecular weight is 204 g/mol. The summed E-state index contributed by atoms with van der Waals surface area (Å²) in [5.74, 6) is 0. The van der Waals surface area contributed by atoms with Crippen molar-refractivity contribution in [1.82, 2.24) is 10.3 Å². The van der Waals surface area contributed by atoms with Crippen LogP contribution in [0, 0.1) is 13.8 Å². The molecule has 0 aliphatic rings. The van der Waals surface area contributed by atoms with Gasteiger partial charge in [-0.05, 0) is 44.5 Å². The van der Waals surface area contributed by atoms with E-state index in [4.69, 9.17) is 0 Å². The van der Waals surface area contributed by atoms with E-state index >= 15 is 0 Å². The Hall–Kier alpha value is -1.15. The lowest BCUT2D eigenvalue weighted by atomic mass is 10.0. The molecule has 0 aromatic carbocycles. The molecular weight excluding hydrogens is 184 g/mol. The number of hydrogen-bond donors (Lipinski definition) is 1. The van der Waals surface area contributed by atoms with Crippen molar-refractivity contribution in [2.24, 2.45) is 0 Å². The quantitative estimate of drug-likeness (QED) is 0.746. The SMILES string of the molecule is C=CCC(NCC)c1cc(C)nc(C)c1. The van der Waals surface area contributed by atoms with E-state index in [1.807, 2.05) is 19.9 Å². The molecule has 1 aromatic rings. The van der Waals surface area contributed by atoms with Gasteiger partial charge in [0.05, 0.1) is 0 Å². The van der Waals surface area contributed by atoms with Crippen molar-refractivity contribution in [1.29, 1.82) is 0 Å². The van der Waals surface area contributed by atoms with Crippen LogP contribution in [0.15, 0.2) is 24.8 Å². The minimum atomic E-state index is 0.368. The second-order valence-corrected chi connectivity index (χ2v) is 3.82. The third-order valence-electron chi connectivity index (χ3n) is 2.36. The molecule has 82 valence electrons. The molecule has 1 atom stereocenters. The van der Waals surface area contributed by atoms with Gasteiger partial charge in [-0.2, -0.15) is 0 Å². The summed E-state index contributed by atoms with van der Waals surface area (Å²) in [4.78, 5) is 4.38. The first-order chi connectivity index (χ1) is 7.17. The molecule has 0 amide bonds. The summed E-state index contributed by atoms with van der Waals surface area (Å²) < 4.78 is 0. The van der Waals surface area contributed by atoms with E-state index in [1.54, 1.807) is 0 Å². The number of aromatic nitrogens is 1. The van der Waals surface area contributed by atoms with Crippen LogP contribution in [0.4, 0.5) is 0 Å². The zero-order valence-corrected chi connectivity index (χ0v) is 9.88. The minimum Gasteiger partial charge on any atom is -0.310 e. The maximum Gasteiger partial charge on any atom is 0.0379 e. The number of hydrogen-bond acceptors (Lipinski definition) is 2. The first kappa shape index (κ1) is 11.9. The van der Waals surface area contributed by atoms with Gasteiger partial charge >= 0.3 is 0 Å². The van der Waals surface area contributed by atoms with Crippen LogP contribution in [-0.2, 0) is 0 Å². The highest BCUT2D eigenvalue weighted by molar-refractivity contribution is 5.24. The van der Waals surface area contributed by atoms with Crippen LogP contribution in [0.1, 0.15) is 36.3 Å². The first-order valence-corrected chi connectivity index (χ1v) is 5.46. The molecule has 0 radical (unpaired) electrons. The molecule has 15 heavy (non-hydrogen) atoms. The van der Waals surface area contributed by atoms with E-state index < -0.39 is 0 Å². The molecule has 1 rings (SSSR count). The average Bonchev–Trinajstić information content (AvgIpc) is 2.16. The van der Waals surface area contributed by atoms with Crippen LogP contribution >= 0.6 is 0 Å². The van der Waals surface area contributed by atoms with Crippen molar-refractivity contribution in [3.63, 3.8) is 0 Å². The Morgan fingerprint density at radius 3 is 2.47 bits per heavy atom. The molecule has 2 nitrogen and oxygen atoms in total. The fraction of sp³-hybridized carbons (Fsp3) is 0.462. The summed E-state index contributed by atoms with van der Waals surface area (Å²) in [6.45, 7) is 11.0. The first-order valence-electron chi connectivity index (χ1n) is 5.46. The highest BCUT2D eigenvalue weighted by Crippen LogP contribution is 2.18. The van der Waals surface area contributed by atoms with Crippen molar-refractivity contribution in [3.05, 3.63) is 41.7 Å². The van der Waals surface area contributed by atoms with Crippen LogP contribution < -0.4 is 5.32 Å². The Balaban J connectivity index is 2.93. The van der Waals surface area contributed by atoms with Crippen LogP contribution in [0.3, 0.4) is 0 Å². The lowest BCUT2D eigenvalue weighted by Crippen LogP contribution is -2.20. The third kappa shape index (κ3) is 3.48. The van der Waals surface area contributed by atoms with Crippen LogP contribution in [0.2, 0.25) is 0 Å². The summed E-state index contributed by atoms with van der Waals surface area (Å²) in [6.07, 6.45) is 2.91. The lowest BCUT2D eigenvalue weighted by molar-refractivity contribution is 0.557. The van der Waals surface area contributed by atoms with Gasteiger partial charge in [0.15, 0.2) is 0 Å². The smallest absolute Gasteiger partial charge is 0.0379 e. The number of rotatable bonds is 5.